The average molecular weight is 402 g/mol. The molecule has 0 fully saturated rings. The van der Waals surface area contributed by atoms with E-state index >= 15 is 0 Å². The van der Waals surface area contributed by atoms with Gasteiger partial charge in [-0.05, 0) is 47.7 Å². The highest BCUT2D eigenvalue weighted by molar-refractivity contribution is 8.00. The molecule has 3 rings (SSSR count). The Bertz CT molecular complexity index is 1130. The molecule has 1 aliphatic carbocycles. The van der Waals surface area contributed by atoms with Gasteiger partial charge < -0.3 is 9.84 Å². The minimum Gasteiger partial charge on any atom is -0.494 e. The molecular formula is C21H19FO5S. The lowest BCUT2D eigenvalue weighted by molar-refractivity contribution is -0.132. The highest BCUT2D eigenvalue weighted by Crippen LogP contribution is 2.43. The predicted octanol–water partition coefficient (Wildman–Crippen LogP) is 3.70. The van der Waals surface area contributed by atoms with Crippen LogP contribution in [0.3, 0.4) is 0 Å². The summed E-state index contributed by atoms with van der Waals surface area (Å²) < 4.78 is 44.3. The average Bonchev–Trinajstić information content (AvgIpc) is 2.92. The van der Waals surface area contributed by atoms with Crippen molar-refractivity contribution >= 4 is 26.3 Å². The number of hydrogen-bond donors (Lipinski definition) is 1. The first-order valence-corrected chi connectivity index (χ1v) is 10.3. The number of benzene rings is 2. The molecule has 0 heterocycles. The number of hydrogen-bond acceptors (Lipinski definition) is 4. The number of carboxylic acid groups (broad SMARTS) is 1. The Balaban J connectivity index is 2.40. The molecule has 28 heavy (non-hydrogen) atoms. The normalized spacial score (nSPS) is 14.6. The van der Waals surface area contributed by atoms with Crippen molar-refractivity contribution < 1.29 is 27.4 Å². The molecule has 0 aromatic heterocycles. The van der Waals surface area contributed by atoms with Crippen molar-refractivity contribution in [3.63, 3.8) is 0 Å². The quantitative estimate of drug-likeness (QED) is 0.772. The molecule has 0 unspecified atom stereocenters. The molecule has 2 aromatic rings. The number of sulfone groups is 1. The van der Waals surface area contributed by atoms with Crippen molar-refractivity contribution in [2.24, 2.45) is 0 Å². The third kappa shape index (κ3) is 3.45. The van der Waals surface area contributed by atoms with E-state index in [9.17, 15) is 22.7 Å². The summed E-state index contributed by atoms with van der Waals surface area (Å²) in [5, 5.41) is 9.99. The fraction of sp³-hybridized carbons (Fsp3) is 0.190. The molecule has 0 amide bonds. The van der Waals surface area contributed by atoms with Gasteiger partial charge in [-0.2, -0.15) is 0 Å². The van der Waals surface area contributed by atoms with Crippen LogP contribution < -0.4 is 4.74 Å². The lowest BCUT2D eigenvalue weighted by atomic mass is 9.95. The zero-order valence-corrected chi connectivity index (χ0v) is 16.4. The van der Waals surface area contributed by atoms with E-state index in [-0.39, 0.29) is 27.4 Å². The minimum absolute atomic E-state index is 0.0312. The summed E-state index contributed by atoms with van der Waals surface area (Å²) in [5.41, 5.74) is 1.95. The molecule has 0 aliphatic heterocycles. The first-order valence-electron chi connectivity index (χ1n) is 8.45. The van der Waals surface area contributed by atoms with Gasteiger partial charge in [-0.3, -0.25) is 0 Å². The first kappa shape index (κ1) is 19.8. The molecule has 0 spiro atoms. The summed E-state index contributed by atoms with van der Waals surface area (Å²) in [6.45, 7) is 1.72. The number of carbonyl (C=O) groups is 1. The van der Waals surface area contributed by atoms with Crippen molar-refractivity contribution in [1.29, 1.82) is 0 Å². The Morgan fingerprint density at radius 1 is 1.18 bits per heavy atom. The van der Waals surface area contributed by atoms with Gasteiger partial charge in [-0.15, -0.1) is 0 Å². The molecule has 1 N–H and O–H groups in total. The zero-order chi connectivity index (χ0) is 20.6. The molecular weight excluding hydrogens is 383 g/mol. The van der Waals surface area contributed by atoms with Crippen molar-refractivity contribution in [2.45, 2.75) is 13.3 Å². The van der Waals surface area contributed by atoms with E-state index < -0.39 is 21.6 Å². The van der Waals surface area contributed by atoms with E-state index in [1.165, 1.54) is 19.2 Å². The standard InChI is InChI=1S/C21H19FO5S/c1-12-9-14-10-16(22)17(27-2)11-15(14)18(12)19(21(23)24)20(28(3,25)26)13-7-5-4-6-8-13/h4-8,10-11H,9H2,1-3H3,(H,23,24). The van der Waals surface area contributed by atoms with E-state index in [4.69, 9.17) is 4.74 Å². The molecule has 146 valence electrons. The monoisotopic (exact) mass is 402 g/mol. The topological polar surface area (TPSA) is 80.7 Å². The first-order chi connectivity index (χ1) is 13.1. The van der Waals surface area contributed by atoms with Crippen LogP contribution in [0.2, 0.25) is 0 Å². The van der Waals surface area contributed by atoms with Gasteiger partial charge in [0.2, 0.25) is 0 Å². The van der Waals surface area contributed by atoms with Crippen LogP contribution in [0.25, 0.3) is 10.5 Å². The lowest BCUT2D eigenvalue weighted by Gasteiger charge is -2.15. The van der Waals surface area contributed by atoms with Crippen LogP contribution >= 0.6 is 0 Å². The van der Waals surface area contributed by atoms with Crippen molar-refractivity contribution in [1.82, 2.24) is 0 Å². The van der Waals surface area contributed by atoms with E-state index in [2.05, 4.69) is 0 Å². The van der Waals surface area contributed by atoms with E-state index in [1.54, 1.807) is 37.3 Å². The van der Waals surface area contributed by atoms with Crippen LogP contribution in [0.4, 0.5) is 4.39 Å². The maximum Gasteiger partial charge on any atom is 0.337 e. The summed E-state index contributed by atoms with van der Waals surface area (Å²) in [5.74, 6) is -1.95. The smallest absolute Gasteiger partial charge is 0.337 e. The second-order valence-corrected chi connectivity index (χ2v) is 8.58. The molecule has 7 heteroatoms. The second-order valence-electron chi connectivity index (χ2n) is 6.62. The van der Waals surface area contributed by atoms with Crippen molar-refractivity contribution in [2.75, 3.05) is 13.4 Å². The van der Waals surface area contributed by atoms with Gasteiger partial charge in [0.05, 0.1) is 17.6 Å². The summed E-state index contributed by atoms with van der Waals surface area (Å²) in [7, 11) is -2.57. The van der Waals surface area contributed by atoms with E-state index in [0.29, 0.717) is 23.1 Å². The van der Waals surface area contributed by atoms with Crippen molar-refractivity contribution in [3.8, 4) is 5.75 Å². The molecule has 0 saturated heterocycles. The van der Waals surface area contributed by atoms with Gasteiger partial charge in [0.15, 0.2) is 21.4 Å². The summed E-state index contributed by atoms with van der Waals surface area (Å²) in [6.07, 6.45) is 1.31. The Morgan fingerprint density at radius 3 is 2.36 bits per heavy atom. The van der Waals surface area contributed by atoms with Gasteiger partial charge >= 0.3 is 5.97 Å². The number of aliphatic carboxylic acids is 1. The Kier molecular flexibility index (Phi) is 5.12. The fourth-order valence-electron chi connectivity index (χ4n) is 3.53. The second kappa shape index (κ2) is 7.24. The maximum absolute atomic E-state index is 14.1. The number of ether oxygens (including phenoxy) is 1. The van der Waals surface area contributed by atoms with Gasteiger partial charge in [0.25, 0.3) is 0 Å². The zero-order valence-electron chi connectivity index (χ0n) is 15.6. The summed E-state index contributed by atoms with van der Waals surface area (Å²) in [4.78, 5) is 12.0. The van der Waals surface area contributed by atoms with Crippen LogP contribution in [0.5, 0.6) is 5.75 Å². The van der Waals surface area contributed by atoms with Gasteiger partial charge in [-0.25, -0.2) is 17.6 Å². The molecule has 5 nitrogen and oxygen atoms in total. The maximum atomic E-state index is 14.1. The fourth-order valence-corrected chi connectivity index (χ4v) is 4.66. The number of allylic oxidation sites excluding steroid dienone is 1. The van der Waals surface area contributed by atoms with Crippen LogP contribution in [0.15, 0.2) is 53.6 Å². The van der Waals surface area contributed by atoms with Crippen LogP contribution in [-0.2, 0) is 21.1 Å². The molecule has 0 bridgehead atoms. The van der Waals surface area contributed by atoms with Gasteiger partial charge in [-0.1, -0.05) is 35.9 Å². The molecule has 2 aromatic carbocycles. The largest absolute Gasteiger partial charge is 0.494 e. The SMILES string of the molecule is COc1cc2c(cc1F)CC(C)=C2C(C(=O)O)=C(c1ccccc1)S(C)(=O)=O. The van der Waals surface area contributed by atoms with E-state index in [0.717, 1.165) is 6.26 Å². The number of methoxy groups -OCH3 is 1. The van der Waals surface area contributed by atoms with Crippen LogP contribution in [0.1, 0.15) is 23.6 Å². The van der Waals surface area contributed by atoms with E-state index in [1.807, 2.05) is 0 Å². The number of carboxylic acids is 1. The summed E-state index contributed by atoms with van der Waals surface area (Å²) in [6, 6.07) is 10.8. The van der Waals surface area contributed by atoms with Gasteiger partial charge in [0.1, 0.15) is 0 Å². The molecule has 0 saturated carbocycles. The Labute approximate surface area is 162 Å². The highest BCUT2D eigenvalue weighted by atomic mass is 32.2. The number of fused-ring (bicyclic) bond motifs is 1. The van der Waals surface area contributed by atoms with Crippen LogP contribution in [0, 0.1) is 5.82 Å². The van der Waals surface area contributed by atoms with Crippen molar-refractivity contribution in [3.05, 3.63) is 76.1 Å². The Morgan fingerprint density at radius 2 is 1.82 bits per heavy atom. The number of halogens is 1. The minimum atomic E-state index is -3.89. The van der Waals surface area contributed by atoms with Gasteiger partial charge in [0, 0.05) is 6.26 Å². The number of rotatable bonds is 5. The van der Waals surface area contributed by atoms with Crippen LogP contribution in [-0.4, -0.2) is 32.9 Å². The molecule has 0 atom stereocenters. The highest BCUT2D eigenvalue weighted by Gasteiger charge is 2.33. The molecule has 1 aliphatic rings. The predicted molar refractivity (Wildman–Crippen MR) is 105 cm³/mol. The lowest BCUT2D eigenvalue weighted by Crippen LogP contribution is -2.12. The third-order valence-corrected chi connectivity index (χ3v) is 5.81. The summed E-state index contributed by atoms with van der Waals surface area (Å²) >= 11 is 0. The Hall–Kier alpha value is -2.93. The molecule has 0 radical (unpaired) electrons. The third-order valence-electron chi connectivity index (χ3n) is 4.63.